The van der Waals surface area contributed by atoms with Gasteiger partial charge in [0.05, 0.1) is 11.8 Å². The van der Waals surface area contributed by atoms with Crippen LogP contribution in [0.2, 0.25) is 0 Å². The summed E-state index contributed by atoms with van der Waals surface area (Å²) in [5.74, 6) is 1.18. The van der Waals surface area contributed by atoms with Crippen LogP contribution < -0.4 is 4.74 Å². The zero-order valence-electron chi connectivity index (χ0n) is 15.9. The van der Waals surface area contributed by atoms with Crippen LogP contribution in [0.25, 0.3) is 0 Å². The second-order valence-corrected chi connectivity index (χ2v) is 7.54. The molecule has 3 fully saturated rings. The lowest BCUT2D eigenvalue weighted by atomic mass is 9.86. The van der Waals surface area contributed by atoms with Crippen molar-refractivity contribution in [2.45, 2.75) is 31.7 Å². The maximum Gasteiger partial charge on any atom is 0.416 e. The number of alkyl halides is 3. The minimum absolute atomic E-state index is 0.133. The smallest absolute Gasteiger partial charge is 0.416 e. The van der Waals surface area contributed by atoms with Crippen molar-refractivity contribution >= 4 is 6.21 Å². The third-order valence-electron chi connectivity index (χ3n) is 5.58. The predicted molar refractivity (Wildman–Crippen MR) is 104 cm³/mol. The Balaban J connectivity index is 1.35. The van der Waals surface area contributed by atoms with E-state index in [9.17, 15) is 13.2 Å². The van der Waals surface area contributed by atoms with E-state index in [-0.39, 0.29) is 12.7 Å². The van der Waals surface area contributed by atoms with Crippen LogP contribution in [0.3, 0.4) is 0 Å². The Hall–Kier alpha value is -2.54. The fourth-order valence-corrected chi connectivity index (χ4v) is 3.87. The first-order valence-electron chi connectivity index (χ1n) is 9.78. The molecular weight excluding hydrogens is 381 g/mol. The van der Waals surface area contributed by atoms with Gasteiger partial charge in [0, 0.05) is 18.0 Å². The number of piperidine rings is 3. The Morgan fingerprint density at radius 2 is 1.76 bits per heavy atom. The molecule has 3 aliphatic rings. The van der Waals surface area contributed by atoms with Gasteiger partial charge in [0.1, 0.15) is 18.5 Å². The highest BCUT2D eigenvalue weighted by Crippen LogP contribution is 2.30. The fraction of sp³-hybridized carbons (Fsp3) is 0.409. The monoisotopic (exact) mass is 404 g/mol. The predicted octanol–water partition coefficient (Wildman–Crippen LogP) is 4.73. The van der Waals surface area contributed by atoms with Gasteiger partial charge in [0.25, 0.3) is 0 Å². The Kier molecular flexibility index (Phi) is 5.76. The highest BCUT2D eigenvalue weighted by Gasteiger charge is 2.35. The summed E-state index contributed by atoms with van der Waals surface area (Å²) in [6.45, 7) is 3.39. The van der Waals surface area contributed by atoms with Crippen LogP contribution in [0.1, 0.15) is 29.5 Å². The number of nitrogens with zero attached hydrogens (tertiary/aromatic N) is 2. The average molecular weight is 404 g/mol. The lowest BCUT2D eigenvalue weighted by molar-refractivity contribution is -0.137. The number of fused-ring (bicyclic) bond motifs is 3. The van der Waals surface area contributed by atoms with Crippen molar-refractivity contribution in [2.24, 2.45) is 11.1 Å². The standard InChI is InChI=1S/C22H23F3N2O2/c23-22(24,25)19-7-5-16(6-8-19)15-28-20-4-2-1-3-18(20)13-26-29-21-14-27-11-9-17(21)10-12-27/h1-8,13,17,21H,9-12,14-15H2. The number of para-hydroxylation sites is 1. The summed E-state index contributed by atoms with van der Waals surface area (Å²) < 4.78 is 43.8. The van der Waals surface area contributed by atoms with E-state index in [2.05, 4.69) is 10.1 Å². The Labute approximate surface area is 167 Å². The summed E-state index contributed by atoms with van der Waals surface area (Å²) in [5.41, 5.74) is 0.757. The number of halogens is 3. The Morgan fingerprint density at radius 1 is 1.03 bits per heavy atom. The summed E-state index contributed by atoms with van der Waals surface area (Å²) in [7, 11) is 0. The molecule has 2 aromatic carbocycles. The van der Waals surface area contributed by atoms with Crippen LogP contribution in [0, 0.1) is 5.92 Å². The third-order valence-corrected chi connectivity index (χ3v) is 5.58. The number of hydrogen-bond donors (Lipinski definition) is 0. The minimum Gasteiger partial charge on any atom is -0.488 e. The van der Waals surface area contributed by atoms with E-state index in [4.69, 9.17) is 9.57 Å². The molecule has 5 rings (SSSR count). The number of oxime groups is 1. The lowest BCUT2D eigenvalue weighted by Gasteiger charge is -2.42. The summed E-state index contributed by atoms with van der Waals surface area (Å²) in [4.78, 5) is 8.15. The van der Waals surface area contributed by atoms with Crippen LogP contribution in [0.15, 0.2) is 53.7 Å². The molecule has 3 saturated heterocycles. The zero-order chi connectivity index (χ0) is 20.3. The van der Waals surface area contributed by atoms with Gasteiger partial charge in [0.2, 0.25) is 0 Å². The molecule has 1 atom stereocenters. The quantitative estimate of drug-likeness (QED) is 0.516. The number of hydrogen-bond acceptors (Lipinski definition) is 4. The number of rotatable bonds is 6. The van der Waals surface area contributed by atoms with Gasteiger partial charge < -0.3 is 9.57 Å². The molecule has 0 aliphatic carbocycles. The van der Waals surface area contributed by atoms with Crippen LogP contribution in [-0.4, -0.2) is 36.9 Å². The molecule has 7 heteroatoms. The van der Waals surface area contributed by atoms with E-state index in [0.29, 0.717) is 17.2 Å². The van der Waals surface area contributed by atoms with Crippen molar-refractivity contribution in [1.29, 1.82) is 0 Å². The van der Waals surface area contributed by atoms with E-state index >= 15 is 0 Å². The molecule has 0 amide bonds. The SMILES string of the molecule is FC(F)(F)c1ccc(COc2ccccc2C=NOC2CN3CCC2CC3)cc1. The maximum absolute atomic E-state index is 12.7. The van der Waals surface area contributed by atoms with Crippen molar-refractivity contribution in [2.75, 3.05) is 19.6 Å². The van der Waals surface area contributed by atoms with E-state index in [1.807, 2.05) is 18.2 Å². The molecule has 0 spiro atoms. The van der Waals surface area contributed by atoms with Crippen molar-refractivity contribution in [3.63, 3.8) is 0 Å². The van der Waals surface area contributed by atoms with E-state index in [0.717, 1.165) is 50.2 Å². The molecule has 0 aromatic heterocycles. The van der Waals surface area contributed by atoms with Gasteiger partial charge in [-0.2, -0.15) is 13.2 Å². The molecule has 2 aromatic rings. The second kappa shape index (κ2) is 8.45. The highest BCUT2D eigenvalue weighted by atomic mass is 19.4. The largest absolute Gasteiger partial charge is 0.488 e. The van der Waals surface area contributed by atoms with Gasteiger partial charge in [-0.05, 0) is 55.8 Å². The van der Waals surface area contributed by atoms with Crippen LogP contribution >= 0.6 is 0 Å². The molecule has 0 radical (unpaired) electrons. The Morgan fingerprint density at radius 3 is 2.41 bits per heavy atom. The fourth-order valence-electron chi connectivity index (χ4n) is 3.87. The number of benzene rings is 2. The molecule has 0 N–H and O–H groups in total. The summed E-state index contributed by atoms with van der Waals surface area (Å²) in [5, 5.41) is 4.18. The first kappa shape index (κ1) is 19.8. The van der Waals surface area contributed by atoms with Crippen molar-refractivity contribution in [3.05, 3.63) is 65.2 Å². The summed E-state index contributed by atoms with van der Waals surface area (Å²) in [6, 6.07) is 12.4. The minimum atomic E-state index is -4.34. The zero-order valence-corrected chi connectivity index (χ0v) is 15.9. The molecule has 2 bridgehead atoms. The van der Waals surface area contributed by atoms with Gasteiger partial charge in [-0.25, -0.2) is 0 Å². The Bertz CT molecular complexity index is 844. The third kappa shape index (κ3) is 4.90. The summed E-state index contributed by atoms with van der Waals surface area (Å²) >= 11 is 0. The van der Waals surface area contributed by atoms with Gasteiger partial charge in [-0.1, -0.05) is 29.4 Å². The summed E-state index contributed by atoms with van der Waals surface area (Å²) in [6.07, 6.45) is -0.245. The molecule has 154 valence electrons. The molecule has 4 nitrogen and oxygen atoms in total. The molecule has 1 unspecified atom stereocenters. The van der Waals surface area contributed by atoms with E-state index in [1.54, 1.807) is 12.3 Å². The molecule has 3 heterocycles. The van der Waals surface area contributed by atoms with Gasteiger partial charge in [-0.3, -0.25) is 4.90 Å². The normalized spacial score (nSPS) is 24.0. The van der Waals surface area contributed by atoms with Crippen LogP contribution in [-0.2, 0) is 17.6 Å². The van der Waals surface area contributed by atoms with Crippen LogP contribution in [0.5, 0.6) is 5.75 Å². The van der Waals surface area contributed by atoms with Gasteiger partial charge in [0.15, 0.2) is 0 Å². The molecular formula is C22H23F3N2O2. The van der Waals surface area contributed by atoms with E-state index in [1.165, 1.54) is 12.1 Å². The van der Waals surface area contributed by atoms with Crippen molar-refractivity contribution in [3.8, 4) is 5.75 Å². The van der Waals surface area contributed by atoms with Crippen molar-refractivity contribution < 1.29 is 22.7 Å². The topological polar surface area (TPSA) is 34.1 Å². The van der Waals surface area contributed by atoms with Gasteiger partial charge >= 0.3 is 6.18 Å². The first-order valence-corrected chi connectivity index (χ1v) is 9.78. The molecule has 29 heavy (non-hydrogen) atoms. The van der Waals surface area contributed by atoms with Gasteiger partial charge in [-0.15, -0.1) is 0 Å². The van der Waals surface area contributed by atoms with Crippen molar-refractivity contribution in [1.82, 2.24) is 4.90 Å². The maximum atomic E-state index is 12.7. The number of ether oxygens (including phenoxy) is 1. The second-order valence-electron chi connectivity index (χ2n) is 7.54. The highest BCUT2D eigenvalue weighted by molar-refractivity contribution is 5.83. The van der Waals surface area contributed by atoms with Crippen LogP contribution in [0.4, 0.5) is 13.2 Å². The molecule has 3 aliphatic heterocycles. The lowest BCUT2D eigenvalue weighted by Crippen LogP contribution is -2.50. The first-order chi connectivity index (χ1) is 14.0. The van der Waals surface area contributed by atoms with E-state index < -0.39 is 11.7 Å². The molecule has 0 saturated carbocycles. The average Bonchev–Trinajstić information content (AvgIpc) is 2.74.